The van der Waals surface area contributed by atoms with Crippen LogP contribution in [-0.4, -0.2) is 10.7 Å². The van der Waals surface area contributed by atoms with Gasteiger partial charge in [-0.2, -0.15) is 0 Å². The van der Waals surface area contributed by atoms with Gasteiger partial charge in [0, 0.05) is 18.3 Å². The van der Waals surface area contributed by atoms with E-state index in [4.69, 9.17) is 0 Å². The topological polar surface area (TPSA) is 12.9 Å². The molecule has 20 heavy (non-hydrogen) atoms. The predicted octanol–water partition coefficient (Wildman–Crippen LogP) is 4.69. The minimum absolute atomic E-state index is 0.346. The molecule has 1 heterocycles. The van der Waals surface area contributed by atoms with Gasteiger partial charge >= 0.3 is 0 Å². The van der Waals surface area contributed by atoms with Crippen LogP contribution in [0, 0.1) is 0 Å². The molecule has 1 aliphatic carbocycles. The second-order valence-corrected chi connectivity index (χ2v) is 5.85. The number of hydrogen-bond acceptors (Lipinski definition) is 1. The summed E-state index contributed by atoms with van der Waals surface area (Å²) in [6.07, 6.45) is 5.52. The molecule has 0 spiro atoms. The third-order valence-corrected chi connectivity index (χ3v) is 4.28. The van der Waals surface area contributed by atoms with E-state index in [-0.39, 0.29) is 0 Å². The number of alkyl halides is 1. The fraction of sp³-hybridized carbons (Fsp3) is 0.389. The van der Waals surface area contributed by atoms with Gasteiger partial charge in [0.2, 0.25) is 0 Å². The van der Waals surface area contributed by atoms with Crippen molar-refractivity contribution < 1.29 is 4.39 Å². The number of nitrogens with zero attached hydrogens (tertiary/aromatic N) is 1. The van der Waals surface area contributed by atoms with Gasteiger partial charge in [-0.25, -0.2) is 4.39 Å². The van der Waals surface area contributed by atoms with Crippen LogP contribution in [0.2, 0.25) is 0 Å². The molecule has 2 heteroatoms. The van der Waals surface area contributed by atoms with E-state index in [0.29, 0.717) is 25.2 Å². The SMILES string of the molecule is FC1(Cc2ccccn2)CCCC(c2ccccc2)C1. The van der Waals surface area contributed by atoms with Gasteiger partial charge in [0.15, 0.2) is 0 Å². The summed E-state index contributed by atoms with van der Waals surface area (Å²) < 4.78 is 15.2. The van der Waals surface area contributed by atoms with Gasteiger partial charge in [0.05, 0.1) is 0 Å². The molecule has 0 aliphatic heterocycles. The van der Waals surface area contributed by atoms with Crippen LogP contribution < -0.4 is 0 Å². The first-order valence-electron chi connectivity index (χ1n) is 7.39. The molecule has 2 aromatic rings. The smallest absolute Gasteiger partial charge is 0.117 e. The second-order valence-electron chi connectivity index (χ2n) is 5.85. The average molecular weight is 269 g/mol. The van der Waals surface area contributed by atoms with Crippen LogP contribution in [0.15, 0.2) is 54.7 Å². The van der Waals surface area contributed by atoms with Gasteiger partial charge in [-0.05, 0) is 49.3 Å². The van der Waals surface area contributed by atoms with Crippen LogP contribution in [0.5, 0.6) is 0 Å². The van der Waals surface area contributed by atoms with Crippen molar-refractivity contribution in [3.8, 4) is 0 Å². The summed E-state index contributed by atoms with van der Waals surface area (Å²) in [7, 11) is 0. The van der Waals surface area contributed by atoms with E-state index >= 15 is 4.39 Å². The predicted molar refractivity (Wildman–Crippen MR) is 79.4 cm³/mol. The molecule has 0 saturated heterocycles. The molecule has 1 saturated carbocycles. The molecule has 1 aliphatic rings. The molecule has 104 valence electrons. The summed E-state index contributed by atoms with van der Waals surface area (Å²) in [5, 5.41) is 0. The van der Waals surface area contributed by atoms with Gasteiger partial charge in [-0.15, -0.1) is 0 Å². The van der Waals surface area contributed by atoms with Crippen LogP contribution in [0.3, 0.4) is 0 Å². The molecule has 0 amide bonds. The number of pyridine rings is 1. The number of rotatable bonds is 3. The zero-order valence-corrected chi connectivity index (χ0v) is 11.6. The first-order valence-corrected chi connectivity index (χ1v) is 7.39. The zero-order chi connectivity index (χ0) is 13.8. The van der Waals surface area contributed by atoms with E-state index in [1.54, 1.807) is 6.20 Å². The van der Waals surface area contributed by atoms with E-state index in [1.165, 1.54) is 5.56 Å². The summed E-state index contributed by atoms with van der Waals surface area (Å²) in [6, 6.07) is 16.1. The maximum Gasteiger partial charge on any atom is 0.117 e. The van der Waals surface area contributed by atoms with Gasteiger partial charge in [-0.3, -0.25) is 4.98 Å². The number of aromatic nitrogens is 1. The Kier molecular flexibility index (Phi) is 3.81. The average Bonchev–Trinajstić information content (AvgIpc) is 2.49. The van der Waals surface area contributed by atoms with Crippen molar-refractivity contribution in [2.45, 2.75) is 43.7 Å². The van der Waals surface area contributed by atoms with Crippen LogP contribution in [0.1, 0.15) is 42.9 Å². The molecule has 1 aromatic heterocycles. The Balaban J connectivity index is 1.74. The quantitative estimate of drug-likeness (QED) is 0.787. The first kappa shape index (κ1) is 13.3. The number of hydrogen-bond donors (Lipinski definition) is 0. The molecule has 2 unspecified atom stereocenters. The summed E-state index contributed by atoms with van der Waals surface area (Å²) in [6.45, 7) is 0. The molecule has 0 bridgehead atoms. The lowest BCUT2D eigenvalue weighted by atomic mass is 9.74. The standard InChI is InChI=1S/C18H20FN/c19-18(14-17-10-4-5-12-20-17)11-6-9-16(13-18)15-7-2-1-3-8-15/h1-5,7-8,10,12,16H,6,9,11,13-14H2. The summed E-state index contributed by atoms with van der Waals surface area (Å²) in [4.78, 5) is 4.28. The number of benzene rings is 1. The van der Waals surface area contributed by atoms with Crippen LogP contribution >= 0.6 is 0 Å². The lowest BCUT2D eigenvalue weighted by Crippen LogP contribution is -2.32. The van der Waals surface area contributed by atoms with E-state index < -0.39 is 5.67 Å². The molecule has 1 nitrogen and oxygen atoms in total. The molecule has 0 radical (unpaired) electrons. The highest BCUT2D eigenvalue weighted by molar-refractivity contribution is 5.21. The largest absolute Gasteiger partial charge is 0.261 e. The minimum atomic E-state index is -1.10. The van der Waals surface area contributed by atoms with E-state index in [2.05, 4.69) is 17.1 Å². The van der Waals surface area contributed by atoms with Gasteiger partial charge in [-0.1, -0.05) is 36.4 Å². The molecule has 3 rings (SSSR count). The Hall–Kier alpha value is -1.70. The van der Waals surface area contributed by atoms with Crippen LogP contribution in [-0.2, 0) is 6.42 Å². The highest BCUT2D eigenvalue weighted by atomic mass is 19.1. The Labute approximate surface area is 119 Å². The molecule has 2 atom stereocenters. The molecule has 1 aromatic carbocycles. The molecule has 0 N–H and O–H groups in total. The summed E-state index contributed by atoms with van der Waals surface area (Å²) >= 11 is 0. The Morgan fingerprint density at radius 3 is 2.65 bits per heavy atom. The normalized spacial score (nSPS) is 26.4. The Morgan fingerprint density at radius 1 is 1.10 bits per heavy atom. The molecular formula is C18H20FN. The lowest BCUT2D eigenvalue weighted by molar-refractivity contribution is 0.0940. The van der Waals surface area contributed by atoms with Crippen molar-refractivity contribution in [1.29, 1.82) is 0 Å². The highest BCUT2D eigenvalue weighted by Gasteiger charge is 2.37. The minimum Gasteiger partial charge on any atom is -0.261 e. The van der Waals surface area contributed by atoms with Crippen molar-refractivity contribution in [3.63, 3.8) is 0 Å². The van der Waals surface area contributed by atoms with E-state index in [9.17, 15) is 0 Å². The van der Waals surface area contributed by atoms with Gasteiger partial charge < -0.3 is 0 Å². The Morgan fingerprint density at radius 2 is 1.90 bits per heavy atom. The fourth-order valence-corrected chi connectivity index (χ4v) is 3.31. The van der Waals surface area contributed by atoms with Crippen LogP contribution in [0.25, 0.3) is 0 Å². The van der Waals surface area contributed by atoms with Crippen molar-refractivity contribution >= 4 is 0 Å². The maximum absolute atomic E-state index is 15.2. The maximum atomic E-state index is 15.2. The third kappa shape index (κ3) is 3.06. The van der Waals surface area contributed by atoms with Crippen molar-refractivity contribution in [2.24, 2.45) is 0 Å². The summed E-state index contributed by atoms with van der Waals surface area (Å²) in [5.41, 5.74) is 1.03. The second kappa shape index (κ2) is 5.74. The molecular weight excluding hydrogens is 249 g/mol. The van der Waals surface area contributed by atoms with Gasteiger partial charge in [0.25, 0.3) is 0 Å². The van der Waals surface area contributed by atoms with E-state index in [0.717, 1.165) is 18.5 Å². The zero-order valence-electron chi connectivity index (χ0n) is 11.6. The first-order chi connectivity index (χ1) is 9.75. The Bertz CT molecular complexity index is 540. The van der Waals surface area contributed by atoms with E-state index in [1.807, 2.05) is 36.4 Å². The highest BCUT2D eigenvalue weighted by Crippen LogP contribution is 2.42. The van der Waals surface area contributed by atoms with Crippen molar-refractivity contribution in [1.82, 2.24) is 4.98 Å². The van der Waals surface area contributed by atoms with Crippen LogP contribution in [0.4, 0.5) is 4.39 Å². The summed E-state index contributed by atoms with van der Waals surface area (Å²) in [5.74, 6) is 0.346. The number of halogens is 1. The monoisotopic (exact) mass is 269 g/mol. The fourth-order valence-electron chi connectivity index (χ4n) is 3.31. The van der Waals surface area contributed by atoms with Crippen molar-refractivity contribution in [2.75, 3.05) is 0 Å². The van der Waals surface area contributed by atoms with Gasteiger partial charge in [0.1, 0.15) is 5.67 Å². The third-order valence-electron chi connectivity index (χ3n) is 4.28. The lowest BCUT2D eigenvalue weighted by Gasteiger charge is -2.35. The van der Waals surface area contributed by atoms with Crippen molar-refractivity contribution in [3.05, 3.63) is 66.0 Å². The molecule has 1 fully saturated rings.